The van der Waals surface area contributed by atoms with Gasteiger partial charge in [-0.2, -0.15) is 5.26 Å². The van der Waals surface area contributed by atoms with Crippen LogP contribution in [0.4, 0.5) is 0 Å². The molecule has 0 bridgehead atoms. The maximum absolute atomic E-state index is 14.2. The van der Waals surface area contributed by atoms with E-state index in [-0.39, 0.29) is 45.5 Å². The molecular formula is C46H62N4O5. The predicted octanol–water partition coefficient (Wildman–Crippen LogP) is 9.29. The van der Waals surface area contributed by atoms with Gasteiger partial charge in [0.05, 0.1) is 23.5 Å². The molecule has 55 heavy (non-hydrogen) atoms. The molecule has 9 heteroatoms. The molecule has 0 saturated heterocycles. The zero-order chi connectivity index (χ0) is 40.1. The summed E-state index contributed by atoms with van der Waals surface area (Å²) in [6.07, 6.45) is 8.99. The molecule has 296 valence electrons. The average molecular weight is 751 g/mol. The van der Waals surface area contributed by atoms with Gasteiger partial charge in [0.15, 0.2) is 11.6 Å². The predicted molar refractivity (Wildman–Crippen MR) is 210 cm³/mol. The fourth-order valence-corrected chi connectivity index (χ4v) is 13.5. The highest BCUT2D eigenvalue weighted by molar-refractivity contribution is 6.00. The van der Waals surface area contributed by atoms with Crippen LogP contribution in [0.1, 0.15) is 138 Å². The summed E-state index contributed by atoms with van der Waals surface area (Å²) in [6, 6.07) is 9.67. The molecule has 1 heterocycles. The highest BCUT2D eigenvalue weighted by Gasteiger charge is 2.70. The van der Waals surface area contributed by atoms with E-state index in [1.807, 2.05) is 31.3 Å². The van der Waals surface area contributed by atoms with Gasteiger partial charge in [0.25, 0.3) is 0 Å². The Morgan fingerprint density at radius 3 is 2.29 bits per heavy atom. The number of ether oxygens (including phenoxy) is 1. The van der Waals surface area contributed by atoms with Crippen molar-refractivity contribution >= 4 is 17.7 Å². The molecule has 8 atom stereocenters. The maximum atomic E-state index is 14.2. The van der Waals surface area contributed by atoms with Crippen LogP contribution in [0, 0.1) is 67.5 Å². The Morgan fingerprint density at radius 1 is 0.964 bits per heavy atom. The standard InChI is InChI=1S/C46H62N4O5/c1-27(2)37-31(51)23-46(24-35-48-49-39(50(35)10)29-13-11-28(26-47)12-14-29)22-21-44(8)30(38(37)46)15-16-33-43(7)19-18-34(55-36(52)25-41(3,4)40(53)54)42(5,6)32(43)17-20-45(33,44)9/h11-14,27,30,32-34H,15-25H2,1-10H3,(H,53,54)/t30-,32+,33-,34+,43+,44-,45?,46+/m1/s1. The Bertz CT molecular complexity index is 1980. The minimum absolute atomic E-state index is 0.0247. The van der Waals surface area contributed by atoms with Crippen LogP contribution >= 0.6 is 0 Å². The number of benzene rings is 1. The highest BCUT2D eigenvalue weighted by Crippen LogP contribution is 2.77. The van der Waals surface area contributed by atoms with E-state index in [1.54, 1.807) is 13.8 Å². The van der Waals surface area contributed by atoms with Crippen molar-refractivity contribution in [1.29, 1.82) is 5.26 Å². The molecular weight excluding hydrogens is 689 g/mol. The molecule has 5 aliphatic rings. The molecule has 1 aromatic carbocycles. The van der Waals surface area contributed by atoms with Crippen LogP contribution in [0.5, 0.6) is 0 Å². The van der Waals surface area contributed by atoms with Gasteiger partial charge in [0.2, 0.25) is 0 Å². The lowest BCUT2D eigenvalue weighted by molar-refractivity contribution is -0.233. The molecule has 4 fully saturated rings. The van der Waals surface area contributed by atoms with Crippen molar-refractivity contribution in [3.05, 3.63) is 46.8 Å². The van der Waals surface area contributed by atoms with Crippen molar-refractivity contribution in [3.63, 3.8) is 0 Å². The Hall–Kier alpha value is -3.80. The zero-order valence-electron chi connectivity index (χ0n) is 34.8. The van der Waals surface area contributed by atoms with Crippen LogP contribution in [-0.4, -0.2) is 43.7 Å². The summed E-state index contributed by atoms with van der Waals surface area (Å²) in [6.45, 7) is 19.8. The topological polar surface area (TPSA) is 135 Å². The Balaban J connectivity index is 1.18. The molecule has 5 aliphatic carbocycles. The number of ketones is 1. The Kier molecular flexibility index (Phi) is 9.41. The van der Waals surface area contributed by atoms with Crippen LogP contribution in [0.3, 0.4) is 0 Å². The fraction of sp³-hybridized carbons (Fsp3) is 0.696. The number of carboxylic acid groups (broad SMARTS) is 1. The highest BCUT2D eigenvalue weighted by atomic mass is 16.5. The number of allylic oxidation sites excluding steroid dienone is 2. The molecule has 7 rings (SSSR count). The molecule has 9 nitrogen and oxygen atoms in total. The molecule has 4 saturated carbocycles. The SMILES string of the molecule is CC(C)C1=C2[C@H]3CC[C@H]4C(C)(CC[C@H]5C(C)(C)[C@@H](OC(=O)CC(C)(C)C(=O)O)CC[C@@]54C)[C@]3(C)CC[C@@]2(Cc2nnc(-c3ccc(C#N)cc3)n2C)CC1=O. The number of nitriles is 1. The van der Waals surface area contributed by atoms with Crippen molar-refractivity contribution in [2.45, 2.75) is 139 Å². The monoisotopic (exact) mass is 750 g/mol. The van der Waals surface area contributed by atoms with Crippen molar-refractivity contribution < 1.29 is 24.2 Å². The number of rotatable bonds is 8. The zero-order valence-corrected chi connectivity index (χ0v) is 34.8. The third kappa shape index (κ3) is 5.85. The molecule has 1 N–H and O–H groups in total. The Labute approximate surface area is 327 Å². The van der Waals surface area contributed by atoms with E-state index in [0.29, 0.717) is 41.9 Å². The second kappa shape index (κ2) is 13.1. The molecule has 1 unspecified atom stereocenters. The number of carbonyl (C=O) groups is 3. The summed E-state index contributed by atoms with van der Waals surface area (Å²) in [5, 5.41) is 28.3. The lowest BCUT2D eigenvalue weighted by atomic mass is 9.33. The van der Waals surface area contributed by atoms with Gasteiger partial charge in [-0.3, -0.25) is 14.4 Å². The number of esters is 1. The number of Topliss-reactive ketones (excluding diaryl/α,β-unsaturated/α-hetero) is 1. The summed E-state index contributed by atoms with van der Waals surface area (Å²) < 4.78 is 8.27. The van der Waals surface area contributed by atoms with E-state index in [9.17, 15) is 24.8 Å². The lowest BCUT2D eigenvalue weighted by Gasteiger charge is -2.72. The summed E-state index contributed by atoms with van der Waals surface area (Å²) in [4.78, 5) is 39.1. The molecule has 0 spiro atoms. The molecule has 1 aromatic heterocycles. The summed E-state index contributed by atoms with van der Waals surface area (Å²) in [5.41, 5.74) is 2.52. The minimum atomic E-state index is -1.17. The first-order valence-electron chi connectivity index (χ1n) is 20.7. The van der Waals surface area contributed by atoms with Crippen molar-refractivity contribution in [3.8, 4) is 17.5 Å². The fourth-order valence-electron chi connectivity index (χ4n) is 13.5. The van der Waals surface area contributed by atoms with Gasteiger partial charge in [-0.05, 0) is 135 Å². The molecule has 2 aromatic rings. The summed E-state index contributed by atoms with van der Waals surface area (Å²) in [5.74, 6) is 1.93. The number of carboxylic acids is 1. The van der Waals surface area contributed by atoms with E-state index in [4.69, 9.17) is 9.84 Å². The second-order valence-corrected chi connectivity index (χ2v) is 20.5. The van der Waals surface area contributed by atoms with Crippen LogP contribution in [0.25, 0.3) is 11.4 Å². The van der Waals surface area contributed by atoms with Gasteiger partial charge in [-0.1, -0.05) is 54.0 Å². The number of aliphatic carboxylic acids is 1. The van der Waals surface area contributed by atoms with Crippen molar-refractivity contribution in [2.24, 2.45) is 63.2 Å². The van der Waals surface area contributed by atoms with Crippen molar-refractivity contribution in [2.75, 3.05) is 0 Å². The van der Waals surface area contributed by atoms with E-state index in [1.165, 1.54) is 5.57 Å². The molecule has 0 aliphatic heterocycles. The van der Waals surface area contributed by atoms with Gasteiger partial charge < -0.3 is 14.4 Å². The minimum Gasteiger partial charge on any atom is -0.481 e. The van der Waals surface area contributed by atoms with Crippen LogP contribution in [-0.2, 0) is 32.6 Å². The molecule has 0 amide bonds. The third-order valence-corrected chi connectivity index (χ3v) is 16.7. The Morgan fingerprint density at radius 2 is 1.65 bits per heavy atom. The third-order valence-electron chi connectivity index (χ3n) is 16.7. The number of hydrogen-bond acceptors (Lipinski definition) is 7. The van der Waals surface area contributed by atoms with Gasteiger partial charge >= 0.3 is 11.9 Å². The van der Waals surface area contributed by atoms with Crippen LogP contribution in [0.15, 0.2) is 35.4 Å². The smallest absolute Gasteiger partial charge is 0.309 e. The quantitative estimate of drug-likeness (QED) is 0.264. The number of nitrogens with zero attached hydrogens (tertiary/aromatic N) is 4. The largest absolute Gasteiger partial charge is 0.481 e. The van der Waals surface area contributed by atoms with Crippen molar-refractivity contribution in [1.82, 2.24) is 14.8 Å². The molecule has 0 radical (unpaired) electrons. The summed E-state index contributed by atoms with van der Waals surface area (Å²) in [7, 11) is 2.02. The first kappa shape index (κ1) is 39.4. The van der Waals surface area contributed by atoms with Crippen LogP contribution < -0.4 is 0 Å². The lowest BCUT2D eigenvalue weighted by Crippen LogP contribution is -2.65. The van der Waals surface area contributed by atoms with E-state index in [2.05, 4.69) is 64.2 Å². The maximum Gasteiger partial charge on any atom is 0.309 e. The summed E-state index contributed by atoms with van der Waals surface area (Å²) >= 11 is 0. The van der Waals surface area contributed by atoms with E-state index in [0.717, 1.165) is 74.2 Å². The number of carbonyl (C=O) groups excluding carboxylic acids is 2. The van der Waals surface area contributed by atoms with Crippen LogP contribution in [0.2, 0.25) is 0 Å². The van der Waals surface area contributed by atoms with E-state index < -0.39 is 17.4 Å². The van der Waals surface area contributed by atoms with Gasteiger partial charge in [0.1, 0.15) is 11.9 Å². The van der Waals surface area contributed by atoms with Gasteiger partial charge in [0, 0.05) is 36.3 Å². The van der Waals surface area contributed by atoms with Gasteiger partial charge in [-0.15, -0.1) is 10.2 Å². The number of aromatic nitrogens is 3. The average Bonchev–Trinajstić information content (AvgIpc) is 3.61. The second-order valence-electron chi connectivity index (χ2n) is 20.5. The van der Waals surface area contributed by atoms with Gasteiger partial charge in [-0.25, -0.2) is 0 Å². The number of fused-ring (bicyclic) bond motifs is 7. The van der Waals surface area contributed by atoms with E-state index >= 15 is 0 Å². The normalized spacial score (nSPS) is 35.3. The first-order chi connectivity index (χ1) is 25.6. The first-order valence-corrected chi connectivity index (χ1v) is 20.7. The number of hydrogen-bond donors (Lipinski definition) is 1.